The van der Waals surface area contributed by atoms with E-state index in [4.69, 9.17) is 5.11 Å². The van der Waals surface area contributed by atoms with Gasteiger partial charge in [0, 0.05) is 19.7 Å². The van der Waals surface area contributed by atoms with Gasteiger partial charge in [0.15, 0.2) is 0 Å². The second kappa shape index (κ2) is 5.35. The molecule has 0 bridgehead atoms. The lowest BCUT2D eigenvalue weighted by Gasteiger charge is -2.32. The van der Waals surface area contributed by atoms with Gasteiger partial charge in [-0.2, -0.15) is 0 Å². The van der Waals surface area contributed by atoms with E-state index < -0.39 is 5.97 Å². The van der Waals surface area contributed by atoms with Crippen LogP contribution in [0.4, 0.5) is 5.82 Å². The van der Waals surface area contributed by atoms with Gasteiger partial charge < -0.3 is 15.1 Å². The number of piperidine rings is 1. The van der Waals surface area contributed by atoms with Gasteiger partial charge in [0.1, 0.15) is 5.82 Å². The van der Waals surface area contributed by atoms with Gasteiger partial charge >= 0.3 is 5.97 Å². The largest absolute Gasteiger partial charge is 0.478 e. The third-order valence-electron chi connectivity index (χ3n) is 3.40. The monoisotopic (exact) mass is 250 g/mol. The summed E-state index contributed by atoms with van der Waals surface area (Å²) in [6, 6.07) is 3.35. The Hall–Kier alpha value is -1.62. The molecule has 1 fully saturated rings. The highest BCUT2D eigenvalue weighted by atomic mass is 16.4. The maximum absolute atomic E-state index is 10.9. The molecule has 0 aromatic carbocycles. The van der Waals surface area contributed by atoms with Crippen molar-refractivity contribution in [3.63, 3.8) is 0 Å². The van der Waals surface area contributed by atoms with Gasteiger partial charge in [0.2, 0.25) is 0 Å². The quantitative estimate of drug-likeness (QED) is 0.845. The van der Waals surface area contributed by atoms with Crippen LogP contribution in [0.1, 0.15) is 28.9 Å². The van der Waals surface area contributed by atoms with Crippen LogP contribution in [0.2, 0.25) is 0 Å². The molecule has 98 valence electrons. The van der Waals surface area contributed by atoms with E-state index in [1.54, 1.807) is 19.1 Å². The van der Waals surface area contributed by atoms with Crippen molar-refractivity contribution < 1.29 is 15.0 Å². The Bertz CT molecular complexity index is 448. The molecular weight excluding hydrogens is 232 g/mol. The maximum atomic E-state index is 10.9. The van der Waals surface area contributed by atoms with Crippen LogP contribution in [0, 0.1) is 12.8 Å². The fraction of sp³-hybridized carbons (Fsp3) is 0.538. The van der Waals surface area contributed by atoms with Gasteiger partial charge in [-0.15, -0.1) is 0 Å². The molecule has 1 aliphatic rings. The third kappa shape index (κ3) is 2.61. The Morgan fingerprint density at radius 2 is 2.33 bits per heavy atom. The van der Waals surface area contributed by atoms with Crippen LogP contribution in [-0.2, 0) is 0 Å². The van der Waals surface area contributed by atoms with Crippen molar-refractivity contribution in [2.24, 2.45) is 5.92 Å². The topological polar surface area (TPSA) is 73.7 Å². The summed E-state index contributed by atoms with van der Waals surface area (Å²) in [6.45, 7) is 3.60. The number of carboxylic acid groups (broad SMARTS) is 1. The molecular formula is C13H18N2O3. The van der Waals surface area contributed by atoms with Crippen LogP contribution < -0.4 is 4.90 Å². The molecule has 1 aromatic heterocycles. The Kier molecular flexibility index (Phi) is 3.81. The Morgan fingerprint density at radius 1 is 1.56 bits per heavy atom. The second-order valence-corrected chi connectivity index (χ2v) is 4.74. The van der Waals surface area contributed by atoms with E-state index in [0.29, 0.717) is 11.6 Å². The first kappa shape index (κ1) is 12.8. The molecule has 0 aliphatic carbocycles. The zero-order valence-electron chi connectivity index (χ0n) is 10.5. The van der Waals surface area contributed by atoms with E-state index in [-0.39, 0.29) is 12.2 Å². The highest BCUT2D eigenvalue weighted by Crippen LogP contribution is 2.22. The number of anilines is 1. The number of aliphatic hydroxyl groups is 1. The number of rotatable bonds is 3. The fourth-order valence-electron chi connectivity index (χ4n) is 2.37. The first-order chi connectivity index (χ1) is 8.61. The molecule has 5 heteroatoms. The van der Waals surface area contributed by atoms with Crippen molar-refractivity contribution in [3.8, 4) is 0 Å². The fourth-order valence-corrected chi connectivity index (χ4v) is 2.37. The second-order valence-electron chi connectivity index (χ2n) is 4.74. The molecule has 1 aromatic rings. The molecule has 2 rings (SSSR count). The minimum absolute atomic E-state index is 0.197. The Balaban J connectivity index is 2.18. The van der Waals surface area contributed by atoms with Gasteiger partial charge in [-0.3, -0.25) is 0 Å². The lowest BCUT2D eigenvalue weighted by molar-refractivity contribution is 0.0695. The van der Waals surface area contributed by atoms with Gasteiger partial charge in [0.25, 0.3) is 0 Å². The maximum Gasteiger partial charge on any atom is 0.337 e. The van der Waals surface area contributed by atoms with Crippen LogP contribution in [-0.4, -0.2) is 40.9 Å². The van der Waals surface area contributed by atoms with Gasteiger partial charge in [-0.1, -0.05) is 0 Å². The summed E-state index contributed by atoms with van der Waals surface area (Å²) >= 11 is 0. The number of aromatic nitrogens is 1. The van der Waals surface area contributed by atoms with E-state index in [1.165, 1.54) is 0 Å². The van der Waals surface area contributed by atoms with E-state index in [0.717, 1.165) is 31.7 Å². The third-order valence-corrected chi connectivity index (χ3v) is 3.40. The predicted molar refractivity (Wildman–Crippen MR) is 68.0 cm³/mol. The van der Waals surface area contributed by atoms with Crippen LogP contribution in [0.25, 0.3) is 0 Å². The molecule has 1 unspecified atom stereocenters. The lowest BCUT2D eigenvalue weighted by Crippen LogP contribution is -2.37. The van der Waals surface area contributed by atoms with E-state index in [1.807, 2.05) is 0 Å². The standard InChI is InChI=1S/C13H18N2O3/c1-9-11(13(17)18)4-5-12(14-9)15-6-2-3-10(7-15)8-16/h4-5,10,16H,2-3,6-8H2,1H3,(H,17,18). The molecule has 5 nitrogen and oxygen atoms in total. The molecule has 1 atom stereocenters. The lowest BCUT2D eigenvalue weighted by atomic mass is 9.99. The summed E-state index contributed by atoms with van der Waals surface area (Å²) in [5.74, 6) is 0.147. The average molecular weight is 250 g/mol. The van der Waals surface area contributed by atoms with E-state index in [2.05, 4.69) is 9.88 Å². The molecule has 1 saturated heterocycles. The van der Waals surface area contributed by atoms with Crippen molar-refractivity contribution in [1.29, 1.82) is 0 Å². The number of nitrogens with zero attached hydrogens (tertiary/aromatic N) is 2. The summed E-state index contributed by atoms with van der Waals surface area (Å²) in [5, 5.41) is 18.2. The molecule has 18 heavy (non-hydrogen) atoms. The minimum atomic E-state index is -0.946. The number of aryl methyl sites for hydroxylation is 1. The normalized spacial score (nSPS) is 19.9. The first-order valence-corrected chi connectivity index (χ1v) is 6.18. The minimum Gasteiger partial charge on any atom is -0.478 e. The van der Waals surface area contributed by atoms with Crippen LogP contribution >= 0.6 is 0 Å². The van der Waals surface area contributed by atoms with Crippen molar-refractivity contribution in [2.75, 3.05) is 24.6 Å². The summed E-state index contributed by atoms with van der Waals surface area (Å²) in [4.78, 5) is 17.4. The average Bonchev–Trinajstić information content (AvgIpc) is 2.38. The van der Waals surface area contributed by atoms with Crippen molar-refractivity contribution in [3.05, 3.63) is 23.4 Å². The van der Waals surface area contributed by atoms with Crippen LogP contribution in [0.5, 0.6) is 0 Å². The number of aromatic carboxylic acids is 1. The number of carbonyl (C=O) groups is 1. The molecule has 0 amide bonds. The van der Waals surface area contributed by atoms with Crippen molar-refractivity contribution >= 4 is 11.8 Å². The number of aliphatic hydroxyl groups excluding tert-OH is 1. The first-order valence-electron chi connectivity index (χ1n) is 6.18. The number of carboxylic acids is 1. The highest BCUT2D eigenvalue weighted by Gasteiger charge is 2.21. The summed E-state index contributed by atoms with van der Waals surface area (Å²) in [6.07, 6.45) is 2.08. The SMILES string of the molecule is Cc1nc(N2CCCC(CO)C2)ccc1C(=O)O. The van der Waals surface area contributed by atoms with Crippen LogP contribution in [0.3, 0.4) is 0 Å². The number of hydrogen-bond donors (Lipinski definition) is 2. The predicted octanol–water partition coefficient (Wildman–Crippen LogP) is 1.30. The zero-order valence-corrected chi connectivity index (χ0v) is 10.5. The van der Waals surface area contributed by atoms with E-state index >= 15 is 0 Å². The highest BCUT2D eigenvalue weighted by molar-refractivity contribution is 5.89. The zero-order chi connectivity index (χ0) is 13.1. The summed E-state index contributed by atoms with van der Waals surface area (Å²) < 4.78 is 0. The number of hydrogen-bond acceptors (Lipinski definition) is 4. The van der Waals surface area contributed by atoms with Crippen molar-refractivity contribution in [2.45, 2.75) is 19.8 Å². The van der Waals surface area contributed by atoms with E-state index in [9.17, 15) is 9.90 Å². The Morgan fingerprint density at radius 3 is 2.94 bits per heavy atom. The molecule has 0 radical (unpaired) electrons. The summed E-state index contributed by atoms with van der Waals surface area (Å²) in [7, 11) is 0. The van der Waals surface area contributed by atoms with Crippen LogP contribution in [0.15, 0.2) is 12.1 Å². The Labute approximate surface area is 106 Å². The van der Waals surface area contributed by atoms with Gasteiger partial charge in [-0.05, 0) is 37.8 Å². The van der Waals surface area contributed by atoms with Gasteiger partial charge in [-0.25, -0.2) is 9.78 Å². The molecule has 2 heterocycles. The summed E-state index contributed by atoms with van der Waals surface area (Å²) in [5.41, 5.74) is 0.778. The molecule has 1 aliphatic heterocycles. The van der Waals surface area contributed by atoms with Gasteiger partial charge in [0.05, 0.1) is 11.3 Å². The van der Waals surface area contributed by atoms with Crippen molar-refractivity contribution in [1.82, 2.24) is 4.98 Å². The molecule has 0 spiro atoms. The number of pyridine rings is 1. The molecule has 2 N–H and O–H groups in total. The smallest absolute Gasteiger partial charge is 0.337 e. The molecule has 0 saturated carbocycles.